The first kappa shape index (κ1) is 30.3. The number of aromatic nitrogens is 2. The van der Waals surface area contributed by atoms with E-state index in [1.807, 2.05) is 0 Å². The highest BCUT2D eigenvalue weighted by Gasteiger charge is 2.24. The Kier molecular flexibility index (Phi) is 9.54. The molecule has 2 amide bonds. The highest BCUT2D eigenvalue weighted by Crippen LogP contribution is 2.30. The highest BCUT2D eigenvalue weighted by molar-refractivity contribution is 9.10. The van der Waals surface area contributed by atoms with Crippen molar-refractivity contribution in [3.63, 3.8) is 0 Å². The van der Waals surface area contributed by atoms with Crippen LogP contribution in [-0.2, 0) is 9.47 Å². The Morgan fingerprint density at radius 3 is 2.56 bits per heavy atom. The summed E-state index contributed by atoms with van der Waals surface area (Å²) in [5.74, 6) is -1.82. The second-order valence-electron chi connectivity index (χ2n) is 10.7. The predicted octanol–water partition coefficient (Wildman–Crippen LogP) is 5.66. The van der Waals surface area contributed by atoms with Crippen LogP contribution in [0.2, 0.25) is 0 Å². The Morgan fingerprint density at radius 2 is 1.90 bits per heavy atom. The minimum atomic E-state index is -0.904. The number of nitrogen functional groups attached to an aromatic ring is 1. The number of ether oxygens (including phenoxy) is 2. The van der Waals surface area contributed by atoms with Crippen molar-refractivity contribution in [3.8, 4) is 11.3 Å². The molecule has 4 rings (SSSR count). The van der Waals surface area contributed by atoms with Crippen LogP contribution in [0.15, 0.2) is 47.1 Å². The Labute approximate surface area is 245 Å². The van der Waals surface area contributed by atoms with Gasteiger partial charge >= 0.3 is 6.09 Å². The van der Waals surface area contributed by atoms with Crippen LogP contribution in [0.4, 0.5) is 19.4 Å². The van der Waals surface area contributed by atoms with Gasteiger partial charge in [0, 0.05) is 35.7 Å². The van der Waals surface area contributed by atoms with Gasteiger partial charge in [-0.1, -0.05) is 22.0 Å². The molecule has 0 saturated carbocycles. The topological polar surface area (TPSA) is 128 Å². The van der Waals surface area contributed by atoms with E-state index in [1.54, 1.807) is 39.1 Å². The average Bonchev–Trinajstić information content (AvgIpc) is 2.90. The first-order valence-corrected chi connectivity index (χ1v) is 13.9. The van der Waals surface area contributed by atoms with Gasteiger partial charge in [-0.2, -0.15) is 0 Å². The summed E-state index contributed by atoms with van der Waals surface area (Å²) < 4.78 is 40.6. The largest absolute Gasteiger partial charge is 0.444 e. The molecule has 2 heterocycles. The van der Waals surface area contributed by atoms with Crippen LogP contribution < -0.4 is 16.4 Å². The van der Waals surface area contributed by atoms with Crippen LogP contribution in [0.3, 0.4) is 0 Å². The number of nitrogens with zero attached hydrogens (tertiary/aromatic N) is 2. The van der Waals surface area contributed by atoms with Gasteiger partial charge in [-0.05, 0) is 69.5 Å². The molecule has 1 aliphatic heterocycles. The molecule has 0 aliphatic carbocycles. The van der Waals surface area contributed by atoms with Gasteiger partial charge < -0.3 is 25.8 Å². The van der Waals surface area contributed by atoms with E-state index in [0.717, 1.165) is 18.5 Å². The van der Waals surface area contributed by atoms with Gasteiger partial charge in [-0.15, -0.1) is 0 Å². The molecule has 0 radical (unpaired) electrons. The van der Waals surface area contributed by atoms with Crippen molar-refractivity contribution in [2.75, 3.05) is 25.5 Å². The lowest BCUT2D eigenvalue weighted by atomic mass is 9.96. The molecule has 1 saturated heterocycles. The van der Waals surface area contributed by atoms with Gasteiger partial charge in [0.15, 0.2) is 0 Å². The van der Waals surface area contributed by atoms with E-state index >= 15 is 4.39 Å². The summed E-state index contributed by atoms with van der Waals surface area (Å²) in [5, 5.41) is 5.26. The lowest BCUT2D eigenvalue weighted by Crippen LogP contribution is -2.40. The number of hydrogen-bond acceptors (Lipinski definition) is 7. The second kappa shape index (κ2) is 12.9. The number of alkyl carbamates (subject to hydrolysis) is 1. The van der Waals surface area contributed by atoms with Crippen LogP contribution >= 0.6 is 15.9 Å². The molecule has 0 spiro atoms. The summed E-state index contributed by atoms with van der Waals surface area (Å²) in [6.45, 7) is 6.26. The molecule has 41 heavy (non-hydrogen) atoms. The van der Waals surface area contributed by atoms with Gasteiger partial charge in [-0.3, -0.25) is 4.79 Å². The van der Waals surface area contributed by atoms with Crippen LogP contribution in [0.5, 0.6) is 0 Å². The van der Waals surface area contributed by atoms with E-state index in [0.29, 0.717) is 34.5 Å². The number of anilines is 1. The fourth-order valence-corrected chi connectivity index (χ4v) is 4.91. The van der Waals surface area contributed by atoms with Gasteiger partial charge in [0.2, 0.25) is 0 Å². The number of nitrogens with one attached hydrogen (secondary N) is 2. The maximum Gasteiger partial charge on any atom is 0.407 e. The van der Waals surface area contributed by atoms with Gasteiger partial charge in [0.05, 0.1) is 23.5 Å². The highest BCUT2D eigenvalue weighted by atomic mass is 79.9. The van der Waals surface area contributed by atoms with Crippen molar-refractivity contribution in [1.82, 2.24) is 20.6 Å². The minimum Gasteiger partial charge on any atom is -0.444 e. The Hall–Kier alpha value is -3.64. The number of carbonyl (C=O) groups is 2. The van der Waals surface area contributed by atoms with Crippen LogP contribution in [0, 0.1) is 11.6 Å². The first-order chi connectivity index (χ1) is 19.4. The molecule has 1 atom stereocenters. The maximum atomic E-state index is 15.3. The van der Waals surface area contributed by atoms with Crippen molar-refractivity contribution >= 4 is 33.7 Å². The molecule has 9 nitrogen and oxygen atoms in total. The van der Waals surface area contributed by atoms with E-state index in [9.17, 15) is 14.0 Å². The quantitative estimate of drug-likeness (QED) is 0.307. The number of amides is 2. The predicted molar refractivity (Wildman–Crippen MR) is 153 cm³/mol. The number of benzene rings is 2. The third-order valence-electron chi connectivity index (χ3n) is 6.39. The van der Waals surface area contributed by atoms with Gasteiger partial charge in [-0.25, -0.2) is 23.5 Å². The monoisotopic (exact) mass is 631 g/mol. The molecule has 4 N–H and O–H groups in total. The van der Waals surface area contributed by atoms with Crippen molar-refractivity contribution in [1.29, 1.82) is 0 Å². The van der Waals surface area contributed by atoms with E-state index in [1.165, 1.54) is 24.3 Å². The number of nitrogens with two attached hydrogens (primary N) is 1. The van der Waals surface area contributed by atoms with Crippen molar-refractivity contribution < 1.29 is 27.8 Å². The van der Waals surface area contributed by atoms with E-state index in [-0.39, 0.29) is 23.8 Å². The number of halogens is 3. The number of carbonyl (C=O) groups excluding carboxylic acids is 2. The lowest BCUT2D eigenvalue weighted by Gasteiger charge is -2.23. The molecule has 218 valence electrons. The zero-order valence-electron chi connectivity index (χ0n) is 23.0. The molecule has 0 unspecified atom stereocenters. The summed E-state index contributed by atoms with van der Waals surface area (Å²) in [6, 6.07) is 7.21. The average molecular weight is 633 g/mol. The van der Waals surface area contributed by atoms with Crippen molar-refractivity contribution in [2.45, 2.75) is 51.2 Å². The number of rotatable bonds is 7. The summed E-state index contributed by atoms with van der Waals surface area (Å²) in [7, 11) is 0. The van der Waals surface area contributed by atoms with Crippen LogP contribution in [0.1, 0.15) is 67.2 Å². The van der Waals surface area contributed by atoms with Crippen molar-refractivity contribution in [3.05, 3.63) is 75.5 Å². The zero-order chi connectivity index (χ0) is 29.7. The molecular formula is C29H32BrF2N5O4. The lowest BCUT2D eigenvalue weighted by molar-refractivity contribution is 0.0519. The molecule has 0 bridgehead atoms. The van der Waals surface area contributed by atoms with Crippen LogP contribution in [-0.4, -0.2) is 47.3 Å². The third kappa shape index (κ3) is 8.20. The zero-order valence-corrected chi connectivity index (χ0v) is 24.6. The fourth-order valence-electron chi connectivity index (χ4n) is 4.43. The summed E-state index contributed by atoms with van der Waals surface area (Å²) in [4.78, 5) is 34.4. The van der Waals surface area contributed by atoms with E-state index in [2.05, 4.69) is 36.5 Å². The third-order valence-corrected chi connectivity index (χ3v) is 6.85. The molecule has 3 aromatic rings. The fraction of sp³-hybridized carbons (Fsp3) is 0.379. The SMILES string of the molecule is CC(C)(C)OC(=O)NC[C@@H](NC(=O)c1ccc(-c2nc(C3CCOCC3)cnc2N)cc1F)c1cc(F)cc(Br)c1. The Balaban J connectivity index is 1.56. The maximum absolute atomic E-state index is 15.3. The normalized spacial score (nSPS) is 14.8. The minimum absolute atomic E-state index is 0.138. The Morgan fingerprint density at radius 1 is 1.17 bits per heavy atom. The van der Waals surface area contributed by atoms with Gasteiger partial charge in [0.1, 0.15) is 28.7 Å². The molecule has 2 aromatic carbocycles. The van der Waals surface area contributed by atoms with E-state index < -0.39 is 35.3 Å². The summed E-state index contributed by atoms with van der Waals surface area (Å²) in [5.41, 5.74) is 6.87. The van der Waals surface area contributed by atoms with E-state index in [4.69, 9.17) is 15.2 Å². The van der Waals surface area contributed by atoms with Crippen molar-refractivity contribution in [2.24, 2.45) is 0 Å². The summed E-state index contributed by atoms with van der Waals surface area (Å²) in [6.07, 6.45) is 2.52. The molecule has 1 aliphatic rings. The number of hydrogen-bond donors (Lipinski definition) is 3. The summed E-state index contributed by atoms with van der Waals surface area (Å²) >= 11 is 3.24. The second-order valence-corrected chi connectivity index (χ2v) is 11.6. The first-order valence-electron chi connectivity index (χ1n) is 13.1. The molecule has 12 heteroatoms. The smallest absolute Gasteiger partial charge is 0.407 e. The molecule has 1 aromatic heterocycles. The molecular weight excluding hydrogens is 600 g/mol. The van der Waals surface area contributed by atoms with Gasteiger partial charge in [0.25, 0.3) is 5.91 Å². The Bertz CT molecular complexity index is 1410. The standard InChI is InChI=1S/C29H32BrF2N5O4/c1-29(2,3)41-28(39)35-15-24(18-10-19(30)13-20(31)11-18)37-27(38)21-5-4-17(12-22(21)32)25-26(33)34-14-23(36-25)16-6-8-40-9-7-16/h4-5,10-14,16,24H,6-9,15H2,1-3H3,(H2,33,34)(H,35,39)(H,37,38)/t24-/m1/s1. The molecule has 1 fully saturated rings. The van der Waals surface area contributed by atoms with Crippen LogP contribution in [0.25, 0.3) is 11.3 Å².